The van der Waals surface area contributed by atoms with Gasteiger partial charge in [0.05, 0.1) is 5.75 Å². The molecule has 144 valence electrons. The van der Waals surface area contributed by atoms with Crippen LogP contribution in [-0.4, -0.2) is 27.8 Å². The van der Waals surface area contributed by atoms with Crippen LogP contribution in [-0.2, 0) is 9.59 Å². The summed E-state index contributed by atoms with van der Waals surface area (Å²) >= 11 is 4.59. The summed E-state index contributed by atoms with van der Waals surface area (Å²) in [5.74, 6) is 0.200. The van der Waals surface area contributed by atoms with E-state index >= 15 is 0 Å². The number of halogens is 1. The van der Waals surface area contributed by atoms with Gasteiger partial charge in [-0.1, -0.05) is 27.7 Å². The average Bonchev–Trinajstić information content (AvgIpc) is 3.12. The van der Waals surface area contributed by atoms with Crippen molar-refractivity contribution >= 4 is 50.9 Å². The second-order valence-electron chi connectivity index (χ2n) is 5.93. The molecule has 1 heterocycles. The van der Waals surface area contributed by atoms with Gasteiger partial charge in [0.15, 0.2) is 0 Å². The summed E-state index contributed by atoms with van der Waals surface area (Å²) in [7, 11) is 0. The molecule has 0 fully saturated rings. The van der Waals surface area contributed by atoms with E-state index in [9.17, 15) is 9.59 Å². The minimum Gasteiger partial charge on any atom is -0.411 e. The smallest absolute Gasteiger partial charge is 0.277 e. The van der Waals surface area contributed by atoms with Crippen molar-refractivity contribution in [1.29, 1.82) is 0 Å². The van der Waals surface area contributed by atoms with Crippen molar-refractivity contribution < 1.29 is 14.0 Å². The average molecular weight is 461 g/mol. The highest BCUT2D eigenvalue weighted by molar-refractivity contribution is 9.10. The number of hydrogen-bond acceptors (Lipinski definition) is 6. The molecule has 0 spiro atoms. The first-order chi connectivity index (χ1) is 13.4. The maximum atomic E-state index is 12.1. The Bertz CT molecular complexity index is 1000. The molecule has 9 heteroatoms. The number of aromatic nitrogens is 2. The molecular formula is C19H17BrN4O3S. The molecule has 7 nitrogen and oxygen atoms in total. The summed E-state index contributed by atoms with van der Waals surface area (Å²) in [6, 6.07) is 12.7. The quantitative estimate of drug-likeness (QED) is 0.525. The van der Waals surface area contributed by atoms with E-state index in [-0.39, 0.29) is 17.6 Å². The lowest BCUT2D eigenvalue weighted by Crippen LogP contribution is -2.14. The molecule has 28 heavy (non-hydrogen) atoms. The molecule has 2 amide bonds. The van der Waals surface area contributed by atoms with Crippen molar-refractivity contribution in [1.82, 2.24) is 10.2 Å². The largest absolute Gasteiger partial charge is 0.411 e. The Morgan fingerprint density at radius 1 is 1.07 bits per heavy atom. The molecule has 0 bridgehead atoms. The molecule has 0 atom stereocenters. The predicted molar refractivity (Wildman–Crippen MR) is 112 cm³/mol. The molecular weight excluding hydrogens is 444 g/mol. The van der Waals surface area contributed by atoms with Crippen molar-refractivity contribution in [2.75, 3.05) is 16.4 Å². The number of benzene rings is 2. The molecule has 0 aliphatic carbocycles. The first kappa shape index (κ1) is 20.1. The van der Waals surface area contributed by atoms with E-state index in [4.69, 9.17) is 4.42 Å². The van der Waals surface area contributed by atoms with Gasteiger partial charge < -0.3 is 15.1 Å². The van der Waals surface area contributed by atoms with E-state index < -0.39 is 0 Å². The van der Waals surface area contributed by atoms with E-state index in [2.05, 4.69) is 36.8 Å². The van der Waals surface area contributed by atoms with Gasteiger partial charge in [-0.05, 0) is 55.0 Å². The van der Waals surface area contributed by atoms with Crippen LogP contribution in [0.5, 0.6) is 0 Å². The number of anilines is 2. The SMILES string of the molecule is CC(=O)Nc1ccc(-c2nnc(SCC(=O)Nc3ccc(Br)c(C)c3)o2)cc1. The molecule has 0 unspecified atom stereocenters. The second-order valence-corrected chi connectivity index (χ2v) is 7.71. The van der Waals surface area contributed by atoms with Crippen LogP contribution in [0.4, 0.5) is 11.4 Å². The lowest BCUT2D eigenvalue weighted by molar-refractivity contribution is -0.114. The van der Waals surface area contributed by atoms with Crippen LogP contribution in [0.1, 0.15) is 12.5 Å². The summed E-state index contributed by atoms with van der Waals surface area (Å²) in [6.45, 7) is 3.40. The van der Waals surface area contributed by atoms with Crippen LogP contribution < -0.4 is 10.6 Å². The summed E-state index contributed by atoms with van der Waals surface area (Å²) < 4.78 is 6.58. The molecule has 0 aliphatic heterocycles. The fourth-order valence-corrected chi connectivity index (χ4v) is 3.14. The second kappa shape index (κ2) is 9.03. The Labute approximate surface area is 174 Å². The van der Waals surface area contributed by atoms with Gasteiger partial charge in [0.1, 0.15) is 0 Å². The number of hydrogen-bond donors (Lipinski definition) is 2. The third-order valence-electron chi connectivity index (χ3n) is 3.63. The first-order valence-corrected chi connectivity index (χ1v) is 10.1. The Morgan fingerprint density at radius 3 is 2.46 bits per heavy atom. The Morgan fingerprint density at radius 2 is 1.79 bits per heavy atom. The number of aryl methyl sites for hydroxylation is 1. The van der Waals surface area contributed by atoms with E-state index in [1.165, 1.54) is 6.92 Å². The number of carbonyl (C=O) groups is 2. The van der Waals surface area contributed by atoms with Crippen LogP contribution in [0.25, 0.3) is 11.5 Å². The van der Waals surface area contributed by atoms with E-state index in [1.54, 1.807) is 24.3 Å². The number of thioether (sulfide) groups is 1. The highest BCUT2D eigenvalue weighted by atomic mass is 79.9. The topological polar surface area (TPSA) is 97.1 Å². The molecule has 0 saturated heterocycles. The Balaban J connectivity index is 1.56. The predicted octanol–water partition coefficient (Wildman–Crippen LogP) is 4.50. The van der Waals surface area contributed by atoms with Gasteiger partial charge in [0, 0.05) is 28.3 Å². The number of nitrogens with zero attached hydrogens (tertiary/aromatic N) is 2. The van der Waals surface area contributed by atoms with Crippen LogP contribution in [0, 0.1) is 6.92 Å². The monoisotopic (exact) mass is 460 g/mol. The van der Waals surface area contributed by atoms with Crippen LogP contribution >= 0.6 is 27.7 Å². The minimum absolute atomic E-state index is 0.138. The number of amides is 2. The van der Waals surface area contributed by atoms with Crippen molar-refractivity contribution in [3.63, 3.8) is 0 Å². The van der Waals surface area contributed by atoms with Crippen LogP contribution in [0.15, 0.2) is 56.6 Å². The molecule has 1 aromatic heterocycles. The number of nitrogens with one attached hydrogen (secondary N) is 2. The normalized spacial score (nSPS) is 10.5. The summed E-state index contributed by atoms with van der Waals surface area (Å²) in [5.41, 5.74) is 3.18. The van der Waals surface area contributed by atoms with Crippen LogP contribution in [0.3, 0.4) is 0 Å². The van der Waals surface area contributed by atoms with Crippen LogP contribution in [0.2, 0.25) is 0 Å². The molecule has 0 saturated carbocycles. The number of rotatable bonds is 6. The first-order valence-electron chi connectivity index (χ1n) is 8.31. The van der Waals surface area contributed by atoms with E-state index in [1.807, 2.05) is 25.1 Å². The van der Waals surface area contributed by atoms with Gasteiger partial charge >= 0.3 is 0 Å². The van der Waals surface area contributed by atoms with Crippen molar-refractivity contribution in [2.24, 2.45) is 0 Å². The Hall–Kier alpha value is -2.65. The zero-order valence-electron chi connectivity index (χ0n) is 15.2. The van der Waals surface area contributed by atoms with Crippen molar-refractivity contribution in [2.45, 2.75) is 19.1 Å². The number of carbonyl (C=O) groups excluding carboxylic acids is 2. The molecule has 3 rings (SSSR count). The van der Waals surface area contributed by atoms with Crippen molar-refractivity contribution in [3.8, 4) is 11.5 Å². The fraction of sp³-hybridized carbons (Fsp3) is 0.158. The van der Waals surface area contributed by atoms with Gasteiger partial charge in [-0.25, -0.2) is 0 Å². The zero-order chi connectivity index (χ0) is 20.1. The molecule has 0 aliphatic rings. The molecule has 0 radical (unpaired) electrons. The van der Waals surface area contributed by atoms with Gasteiger partial charge in [0.2, 0.25) is 17.7 Å². The van der Waals surface area contributed by atoms with Gasteiger partial charge in [-0.2, -0.15) is 0 Å². The van der Waals surface area contributed by atoms with Gasteiger partial charge in [-0.3, -0.25) is 9.59 Å². The van der Waals surface area contributed by atoms with Crippen molar-refractivity contribution in [3.05, 3.63) is 52.5 Å². The zero-order valence-corrected chi connectivity index (χ0v) is 17.6. The highest BCUT2D eigenvalue weighted by Crippen LogP contribution is 2.25. The summed E-state index contributed by atoms with van der Waals surface area (Å²) in [5, 5.41) is 13.8. The standard InChI is InChI=1S/C19H17BrN4O3S/c1-11-9-15(7-8-16(11)20)22-17(26)10-28-19-24-23-18(27-19)13-3-5-14(6-4-13)21-12(2)25/h3-9H,10H2,1-2H3,(H,21,25)(H,22,26). The maximum Gasteiger partial charge on any atom is 0.277 e. The third kappa shape index (κ3) is 5.43. The van der Waals surface area contributed by atoms with Gasteiger partial charge in [0.25, 0.3) is 5.22 Å². The third-order valence-corrected chi connectivity index (χ3v) is 5.34. The fourth-order valence-electron chi connectivity index (χ4n) is 2.33. The summed E-state index contributed by atoms with van der Waals surface area (Å²) in [4.78, 5) is 23.2. The molecule has 2 aromatic carbocycles. The maximum absolute atomic E-state index is 12.1. The van der Waals surface area contributed by atoms with Gasteiger partial charge in [-0.15, -0.1) is 10.2 Å². The van der Waals surface area contributed by atoms with E-state index in [0.717, 1.165) is 33.0 Å². The molecule has 3 aromatic rings. The minimum atomic E-state index is -0.161. The highest BCUT2D eigenvalue weighted by Gasteiger charge is 2.12. The lowest BCUT2D eigenvalue weighted by atomic mass is 10.2. The summed E-state index contributed by atoms with van der Waals surface area (Å²) in [6.07, 6.45) is 0. The Kier molecular flexibility index (Phi) is 6.48. The molecule has 2 N–H and O–H groups in total. The van der Waals surface area contributed by atoms with E-state index in [0.29, 0.717) is 16.8 Å². The lowest BCUT2D eigenvalue weighted by Gasteiger charge is -2.06.